The van der Waals surface area contributed by atoms with E-state index in [0.717, 1.165) is 6.42 Å². The molecular weight excluding hydrogens is 275 g/mol. The molecule has 0 saturated carbocycles. The minimum Gasteiger partial charge on any atom is -0.490 e. The number of hydrogen-bond acceptors (Lipinski definition) is 6. The van der Waals surface area contributed by atoms with Crippen molar-refractivity contribution in [2.45, 2.75) is 13.3 Å². The van der Waals surface area contributed by atoms with Gasteiger partial charge in [-0.15, -0.1) is 0 Å². The summed E-state index contributed by atoms with van der Waals surface area (Å²) >= 11 is 0. The van der Waals surface area contributed by atoms with Crippen molar-refractivity contribution in [1.29, 1.82) is 0 Å². The van der Waals surface area contributed by atoms with Gasteiger partial charge in [0.05, 0.1) is 18.9 Å². The number of nitrogens with one attached hydrogen (secondary N) is 1. The van der Waals surface area contributed by atoms with Crippen LogP contribution < -0.4 is 20.7 Å². The second-order valence-corrected chi connectivity index (χ2v) is 4.65. The third-order valence-electron chi connectivity index (χ3n) is 3.16. The maximum absolute atomic E-state index is 13.7. The van der Waals surface area contributed by atoms with Gasteiger partial charge in [0, 0.05) is 12.0 Å². The van der Waals surface area contributed by atoms with Crippen LogP contribution in [0.5, 0.6) is 11.5 Å². The summed E-state index contributed by atoms with van der Waals surface area (Å²) in [5.41, 5.74) is 3.17. The van der Waals surface area contributed by atoms with E-state index in [9.17, 15) is 4.39 Å². The minimum absolute atomic E-state index is 0.0374. The number of aromatic nitrogens is 2. The van der Waals surface area contributed by atoms with Crippen LogP contribution in [-0.2, 0) is 0 Å². The van der Waals surface area contributed by atoms with Crippen LogP contribution in [-0.4, -0.2) is 23.2 Å². The number of hydrazine groups is 1. The standard InChI is InChI=1S/C14H15FN4O2/c1-8-12(15)14(19-16)18-13(17-8)9-3-4-10-11(7-9)21-6-2-5-20-10/h3-4,7H,2,5-6,16H2,1H3,(H,17,18,19). The molecule has 7 heteroatoms. The maximum Gasteiger partial charge on any atom is 0.187 e. The van der Waals surface area contributed by atoms with E-state index in [1.807, 2.05) is 0 Å². The highest BCUT2D eigenvalue weighted by molar-refractivity contribution is 5.63. The highest BCUT2D eigenvalue weighted by Crippen LogP contribution is 2.33. The Morgan fingerprint density at radius 1 is 1.19 bits per heavy atom. The Morgan fingerprint density at radius 2 is 1.95 bits per heavy atom. The molecule has 0 unspecified atom stereocenters. The van der Waals surface area contributed by atoms with Gasteiger partial charge in [0.25, 0.3) is 0 Å². The van der Waals surface area contributed by atoms with E-state index in [1.54, 1.807) is 25.1 Å². The van der Waals surface area contributed by atoms with Crippen molar-refractivity contribution in [2.75, 3.05) is 18.6 Å². The molecule has 1 aromatic carbocycles. The van der Waals surface area contributed by atoms with Gasteiger partial charge in [0.15, 0.2) is 29.0 Å². The molecule has 0 saturated heterocycles. The number of nitrogens with zero attached hydrogens (tertiary/aromatic N) is 2. The number of halogens is 1. The fraction of sp³-hybridized carbons (Fsp3) is 0.286. The first-order valence-electron chi connectivity index (χ1n) is 6.60. The van der Waals surface area contributed by atoms with Gasteiger partial charge in [0.1, 0.15) is 0 Å². The van der Waals surface area contributed by atoms with Crippen LogP contribution in [0.4, 0.5) is 10.2 Å². The van der Waals surface area contributed by atoms with E-state index in [0.29, 0.717) is 36.1 Å². The molecule has 0 fully saturated rings. The smallest absolute Gasteiger partial charge is 0.187 e. The number of fused-ring (bicyclic) bond motifs is 1. The lowest BCUT2D eigenvalue weighted by Crippen LogP contribution is -2.13. The van der Waals surface area contributed by atoms with Gasteiger partial charge in [-0.3, -0.25) is 0 Å². The van der Waals surface area contributed by atoms with Gasteiger partial charge < -0.3 is 14.9 Å². The first-order chi connectivity index (χ1) is 10.2. The predicted octanol–water partition coefficient (Wildman–Crippen LogP) is 2.04. The van der Waals surface area contributed by atoms with E-state index < -0.39 is 5.82 Å². The first kappa shape index (κ1) is 13.6. The molecule has 2 heterocycles. The monoisotopic (exact) mass is 290 g/mol. The Labute approximate surface area is 121 Å². The van der Waals surface area contributed by atoms with Crippen LogP contribution in [0.1, 0.15) is 12.1 Å². The second-order valence-electron chi connectivity index (χ2n) is 4.65. The highest BCUT2D eigenvalue weighted by Gasteiger charge is 2.15. The molecule has 0 aliphatic carbocycles. The molecule has 1 aliphatic rings. The summed E-state index contributed by atoms with van der Waals surface area (Å²) in [5.74, 6) is 6.37. The van der Waals surface area contributed by atoms with Crippen molar-refractivity contribution >= 4 is 5.82 Å². The van der Waals surface area contributed by atoms with Crippen molar-refractivity contribution in [3.8, 4) is 22.9 Å². The van der Waals surface area contributed by atoms with Gasteiger partial charge in [-0.1, -0.05) is 0 Å². The number of hydrogen-bond donors (Lipinski definition) is 2. The Bertz CT molecular complexity index is 678. The van der Waals surface area contributed by atoms with Gasteiger partial charge in [0.2, 0.25) is 0 Å². The minimum atomic E-state index is -0.560. The van der Waals surface area contributed by atoms with Crippen LogP contribution in [0.25, 0.3) is 11.4 Å². The number of benzene rings is 1. The summed E-state index contributed by atoms with van der Waals surface area (Å²) in [6, 6.07) is 5.39. The van der Waals surface area contributed by atoms with E-state index in [4.69, 9.17) is 15.3 Å². The lowest BCUT2D eigenvalue weighted by Gasteiger charge is -2.10. The maximum atomic E-state index is 13.7. The zero-order valence-corrected chi connectivity index (χ0v) is 11.5. The molecule has 3 N–H and O–H groups in total. The van der Waals surface area contributed by atoms with E-state index in [1.165, 1.54) is 0 Å². The average Bonchev–Trinajstić information content (AvgIpc) is 2.74. The number of rotatable bonds is 2. The lowest BCUT2D eigenvalue weighted by atomic mass is 10.2. The Balaban J connectivity index is 2.04. The van der Waals surface area contributed by atoms with Crippen molar-refractivity contribution in [1.82, 2.24) is 9.97 Å². The normalized spacial score (nSPS) is 13.7. The number of nitrogens with two attached hydrogens (primary N) is 1. The summed E-state index contributed by atoms with van der Waals surface area (Å²) in [5, 5.41) is 0. The second kappa shape index (κ2) is 5.53. The topological polar surface area (TPSA) is 82.3 Å². The summed E-state index contributed by atoms with van der Waals surface area (Å²) in [4.78, 5) is 8.22. The van der Waals surface area contributed by atoms with E-state index in [-0.39, 0.29) is 11.5 Å². The zero-order valence-electron chi connectivity index (χ0n) is 11.5. The summed E-state index contributed by atoms with van der Waals surface area (Å²) in [7, 11) is 0. The van der Waals surface area contributed by atoms with Crippen LogP contribution in [0.15, 0.2) is 18.2 Å². The lowest BCUT2D eigenvalue weighted by molar-refractivity contribution is 0.297. The third-order valence-corrected chi connectivity index (χ3v) is 3.16. The van der Waals surface area contributed by atoms with Crippen molar-refractivity contribution < 1.29 is 13.9 Å². The summed E-state index contributed by atoms with van der Waals surface area (Å²) in [6.07, 6.45) is 0.831. The number of aryl methyl sites for hydroxylation is 1. The largest absolute Gasteiger partial charge is 0.490 e. The van der Waals surface area contributed by atoms with Gasteiger partial charge >= 0.3 is 0 Å². The molecule has 6 nitrogen and oxygen atoms in total. The number of nitrogen functional groups attached to an aromatic ring is 1. The SMILES string of the molecule is Cc1nc(-c2ccc3c(c2)OCCCO3)nc(NN)c1F. The highest BCUT2D eigenvalue weighted by atomic mass is 19.1. The molecule has 1 aliphatic heterocycles. The van der Waals surface area contributed by atoms with Crippen LogP contribution >= 0.6 is 0 Å². The van der Waals surface area contributed by atoms with Crippen LogP contribution in [0.3, 0.4) is 0 Å². The molecule has 21 heavy (non-hydrogen) atoms. The molecule has 0 atom stereocenters. The molecular formula is C14H15FN4O2. The number of ether oxygens (including phenoxy) is 2. The van der Waals surface area contributed by atoms with Crippen LogP contribution in [0.2, 0.25) is 0 Å². The zero-order chi connectivity index (χ0) is 14.8. The quantitative estimate of drug-likeness (QED) is 0.650. The fourth-order valence-electron chi connectivity index (χ4n) is 2.09. The molecule has 3 rings (SSSR count). The molecule has 0 spiro atoms. The van der Waals surface area contributed by atoms with Crippen LogP contribution in [0, 0.1) is 12.7 Å². The first-order valence-corrected chi connectivity index (χ1v) is 6.60. The van der Waals surface area contributed by atoms with Gasteiger partial charge in [-0.25, -0.2) is 20.2 Å². The fourth-order valence-corrected chi connectivity index (χ4v) is 2.09. The molecule has 2 aromatic rings. The van der Waals surface area contributed by atoms with Gasteiger partial charge in [-0.05, 0) is 25.1 Å². The van der Waals surface area contributed by atoms with Crippen molar-refractivity contribution in [3.05, 3.63) is 29.7 Å². The molecule has 0 amide bonds. The molecule has 110 valence electrons. The number of anilines is 1. The van der Waals surface area contributed by atoms with Crippen molar-refractivity contribution in [3.63, 3.8) is 0 Å². The summed E-state index contributed by atoms with van der Waals surface area (Å²) in [6.45, 7) is 2.78. The summed E-state index contributed by atoms with van der Waals surface area (Å²) < 4.78 is 24.9. The third kappa shape index (κ3) is 2.59. The van der Waals surface area contributed by atoms with Gasteiger partial charge in [-0.2, -0.15) is 0 Å². The Kier molecular flexibility index (Phi) is 3.57. The predicted molar refractivity (Wildman–Crippen MR) is 75.6 cm³/mol. The van der Waals surface area contributed by atoms with E-state index in [2.05, 4.69) is 15.4 Å². The molecule has 0 radical (unpaired) electrons. The molecule has 1 aromatic heterocycles. The Hall–Kier alpha value is -2.41. The average molecular weight is 290 g/mol. The van der Waals surface area contributed by atoms with Crippen molar-refractivity contribution in [2.24, 2.45) is 5.84 Å². The van der Waals surface area contributed by atoms with E-state index >= 15 is 0 Å². The molecule has 0 bridgehead atoms. The Morgan fingerprint density at radius 3 is 2.71 bits per heavy atom.